The lowest BCUT2D eigenvalue weighted by Crippen LogP contribution is -2.52. The lowest BCUT2D eigenvalue weighted by atomic mass is 10.1. The molecule has 0 heterocycles. The number of rotatable bonds is 11. The third-order valence-corrected chi connectivity index (χ3v) is 3.16. The van der Waals surface area contributed by atoms with Crippen molar-refractivity contribution in [1.29, 1.82) is 0 Å². The zero-order valence-electron chi connectivity index (χ0n) is 14.7. The fourth-order valence-corrected chi connectivity index (χ4v) is 1.93. The molecule has 0 aromatic carbocycles. The number of carbonyl (C=O) groups excluding carboxylic acids is 6. The van der Waals surface area contributed by atoms with Crippen molar-refractivity contribution in [1.82, 2.24) is 21.3 Å². The van der Waals surface area contributed by atoms with Crippen molar-refractivity contribution in [3.05, 3.63) is 0 Å². The Hall–Kier alpha value is -3.38. The number of imide groups is 2. The maximum atomic E-state index is 11.6. The molecule has 0 radical (unpaired) electrons. The van der Waals surface area contributed by atoms with Gasteiger partial charge in [0.2, 0.25) is 17.7 Å². The number of hydrogen-bond acceptors (Lipinski definition) is 6. The molecule has 152 valence electrons. The van der Waals surface area contributed by atoms with E-state index in [-0.39, 0.29) is 13.0 Å². The molecule has 0 spiro atoms. The SMILES string of the molecule is NC(=O)CC(NC(=O)NC(=O)NCCCCCCC(=O)NC(N)=O)C(N)=O. The van der Waals surface area contributed by atoms with Gasteiger partial charge in [0.25, 0.3) is 0 Å². The fourth-order valence-electron chi connectivity index (χ4n) is 1.93. The van der Waals surface area contributed by atoms with Crippen LogP contribution in [0.25, 0.3) is 0 Å². The van der Waals surface area contributed by atoms with E-state index < -0.39 is 48.3 Å². The molecular weight excluding hydrogens is 362 g/mol. The Bertz CT molecular complexity index is 580. The summed E-state index contributed by atoms with van der Waals surface area (Å²) in [5.74, 6) is -2.25. The first-order chi connectivity index (χ1) is 12.6. The predicted molar refractivity (Wildman–Crippen MR) is 92.7 cm³/mol. The monoisotopic (exact) mass is 387 g/mol. The minimum Gasteiger partial charge on any atom is -0.370 e. The van der Waals surface area contributed by atoms with Gasteiger partial charge in [0.15, 0.2) is 0 Å². The summed E-state index contributed by atoms with van der Waals surface area (Å²) in [5.41, 5.74) is 14.7. The summed E-state index contributed by atoms with van der Waals surface area (Å²) in [6.45, 7) is 0.271. The standard InChI is InChI=1S/C14H25N7O6/c15-9(22)7-8(11(16)24)19-14(27)21-13(26)18-6-4-2-1-3-5-10(23)20-12(17)25/h8H,1-7H2,(H2,15,22)(H2,16,24)(H3,17,20,23,25)(H3,18,19,21,26,27). The van der Waals surface area contributed by atoms with E-state index in [2.05, 4.69) is 10.6 Å². The van der Waals surface area contributed by atoms with Gasteiger partial charge < -0.3 is 27.8 Å². The predicted octanol–water partition coefficient (Wildman–Crippen LogP) is -2.13. The lowest BCUT2D eigenvalue weighted by Gasteiger charge is -2.14. The Morgan fingerprint density at radius 2 is 1.41 bits per heavy atom. The Labute approximate surface area is 155 Å². The van der Waals surface area contributed by atoms with Gasteiger partial charge in [-0.2, -0.15) is 0 Å². The van der Waals surface area contributed by atoms with E-state index >= 15 is 0 Å². The first-order valence-corrected chi connectivity index (χ1v) is 8.14. The molecule has 0 rings (SSSR count). The zero-order chi connectivity index (χ0) is 20.8. The first-order valence-electron chi connectivity index (χ1n) is 8.14. The van der Waals surface area contributed by atoms with Crippen LogP contribution in [0.4, 0.5) is 14.4 Å². The number of urea groups is 3. The zero-order valence-corrected chi connectivity index (χ0v) is 14.7. The smallest absolute Gasteiger partial charge is 0.323 e. The summed E-state index contributed by atoms with van der Waals surface area (Å²) < 4.78 is 0. The van der Waals surface area contributed by atoms with Crippen molar-refractivity contribution in [2.24, 2.45) is 17.2 Å². The molecule has 0 saturated carbocycles. The van der Waals surface area contributed by atoms with E-state index in [0.717, 1.165) is 0 Å². The van der Waals surface area contributed by atoms with E-state index in [9.17, 15) is 28.8 Å². The summed E-state index contributed by atoms with van der Waals surface area (Å²) in [6, 6.07) is -4.01. The van der Waals surface area contributed by atoms with Crippen LogP contribution in [-0.4, -0.2) is 48.4 Å². The topological polar surface area (TPSA) is 229 Å². The summed E-state index contributed by atoms with van der Waals surface area (Å²) in [4.78, 5) is 66.5. The molecule has 1 unspecified atom stereocenters. The summed E-state index contributed by atoms with van der Waals surface area (Å²) >= 11 is 0. The number of hydrogen-bond donors (Lipinski definition) is 7. The summed E-state index contributed by atoms with van der Waals surface area (Å²) in [5, 5.41) is 8.36. The van der Waals surface area contributed by atoms with Crippen LogP contribution < -0.4 is 38.5 Å². The van der Waals surface area contributed by atoms with Crippen LogP contribution in [0, 0.1) is 0 Å². The van der Waals surface area contributed by atoms with Crippen molar-refractivity contribution in [2.45, 2.75) is 44.6 Å². The largest absolute Gasteiger partial charge is 0.370 e. The highest BCUT2D eigenvalue weighted by Crippen LogP contribution is 2.02. The molecule has 0 aliphatic carbocycles. The Kier molecular flexibility index (Phi) is 11.3. The molecule has 9 amide bonds. The molecule has 10 N–H and O–H groups in total. The summed E-state index contributed by atoms with van der Waals surface area (Å²) in [7, 11) is 0. The Morgan fingerprint density at radius 1 is 0.778 bits per heavy atom. The first kappa shape index (κ1) is 23.6. The maximum Gasteiger partial charge on any atom is 0.323 e. The highest BCUT2D eigenvalue weighted by atomic mass is 16.2. The molecule has 27 heavy (non-hydrogen) atoms. The second kappa shape index (κ2) is 12.9. The van der Waals surface area contributed by atoms with Gasteiger partial charge in [-0.3, -0.25) is 25.0 Å². The fraction of sp³-hybridized carbons (Fsp3) is 0.571. The minimum absolute atomic E-state index is 0.170. The number of nitrogens with two attached hydrogens (primary N) is 3. The van der Waals surface area contributed by atoms with Crippen LogP contribution >= 0.6 is 0 Å². The molecule has 0 aliphatic heterocycles. The normalized spacial score (nSPS) is 11.0. The van der Waals surface area contributed by atoms with Crippen LogP contribution in [0.2, 0.25) is 0 Å². The average Bonchev–Trinajstić information content (AvgIpc) is 2.51. The van der Waals surface area contributed by atoms with E-state index in [0.29, 0.717) is 25.7 Å². The van der Waals surface area contributed by atoms with E-state index in [1.165, 1.54) is 0 Å². The molecule has 13 heteroatoms. The van der Waals surface area contributed by atoms with Gasteiger partial charge >= 0.3 is 18.1 Å². The molecule has 0 aliphatic rings. The molecule has 0 aromatic heterocycles. The van der Waals surface area contributed by atoms with Crippen molar-refractivity contribution >= 4 is 35.8 Å². The van der Waals surface area contributed by atoms with Gasteiger partial charge in [-0.05, 0) is 12.8 Å². The average molecular weight is 387 g/mol. The van der Waals surface area contributed by atoms with Gasteiger partial charge in [0, 0.05) is 13.0 Å². The van der Waals surface area contributed by atoms with Gasteiger partial charge in [0.1, 0.15) is 6.04 Å². The number of carbonyl (C=O) groups is 6. The molecule has 0 fully saturated rings. The number of primary amides is 3. The van der Waals surface area contributed by atoms with Gasteiger partial charge in [-0.1, -0.05) is 12.8 Å². The number of unbranched alkanes of at least 4 members (excludes halogenated alkanes) is 3. The highest BCUT2D eigenvalue weighted by Gasteiger charge is 2.21. The van der Waals surface area contributed by atoms with Crippen LogP contribution in [0.1, 0.15) is 38.5 Å². The van der Waals surface area contributed by atoms with Crippen molar-refractivity contribution < 1.29 is 28.8 Å². The lowest BCUT2D eigenvalue weighted by molar-refractivity contribution is -0.124. The molecule has 0 saturated heterocycles. The van der Waals surface area contributed by atoms with Gasteiger partial charge in [0.05, 0.1) is 6.42 Å². The van der Waals surface area contributed by atoms with Crippen LogP contribution in [0.3, 0.4) is 0 Å². The van der Waals surface area contributed by atoms with Gasteiger partial charge in [-0.25, -0.2) is 14.4 Å². The van der Waals surface area contributed by atoms with E-state index in [1.807, 2.05) is 10.6 Å². The third-order valence-electron chi connectivity index (χ3n) is 3.16. The maximum absolute atomic E-state index is 11.6. The van der Waals surface area contributed by atoms with Crippen LogP contribution in [-0.2, 0) is 14.4 Å². The second-order valence-electron chi connectivity index (χ2n) is 5.56. The van der Waals surface area contributed by atoms with Crippen molar-refractivity contribution in [2.75, 3.05) is 6.54 Å². The number of amides is 9. The molecular formula is C14H25N7O6. The van der Waals surface area contributed by atoms with Gasteiger partial charge in [-0.15, -0.1) is 0 Å². The van der Waals surface area contributed by atoms with Crippen LogP contribution in [0.5, 0.6) is 0 Å². The highest BCUT2D eigenvalue weighted by molar-refractivity contribution is 5.96. The van der Waals surface area contributed by atoms with E-state index in [4.69, 9.17) is 17.2 Å². The molecule has 1 atom stereocenters. The number of nitrogens with one attached hydrogen (secondary N) is 4. The van der Waals surface area contributed by atoms with E-state index in [1.54, 1.807) is 0 Å². The third kappa shape index (κ3) is 13.6. The second-order valence-corrected chi connectivity index (χ2v) is 5.56. The van der Waals surface area contributed by atoms with Crippen molar-refractivity contribution in [3.8, 4) is 0 Å². The van der Waals surface area contributed by atoms with Crippen LogP contribution in [0.15, 0.2) is 0 Å². The molecule has 0 aromatic rings. The summed E-state index contributed by atoms with van der Waals surface area (Å²) in [6.07, 6.45) is 2.24. The quantitative estimate of drug-likeness (QED) is 0.196. The minimum atomic E-state index is -1.32. The Balaban J connectivity index is 3.86. The molecule has 13 nitrogen and oxygen atoms in total. The van der Waals surface area contributed by atoms with Crippen molar-refractivity contribution in [3.63, 3.8) is 0 Å². The Morgan fingerprint density at radius 3 is 1.96 bits per heavy atom. The molecule has 0 bridgehead atoms.